The molecule has 1 unspecified atom stereocenters. The van der Waals surface area contributed by atoms with Gasteiger partial charge in [0.1, 0.15) is 5.65 Å². The van der Waals surface area contributed by atoms with Crippen LogP contribution in [0.3, 0.4) is 0 Å². The average Bonchev–Trinajstić information content (AvgIpc) is 3.38. The second-order valence-electron chi connectivity index (χ2n) is 7.60. The number of guanidine groups is 1. The van der Waals surface area contributed by atoms with Crippen LogP contribution in [0.4, 0.5) is 0 Å². The van der Waals surface area contributed by atoms with Crippen molar-refractivity contribution in [3.05, 3.63) is 66.1 Å². The van der Waals surface area contributed by atoms with E-state index < -0.39 is 0 Å². The van der Waals surface area contributed by atoms with Gasteiger partial charge in [0.2, 0.25) is 0 Å². The number of aromatic nitrogens is 2. The molecule has 0 aliphatic carbocycles. The molecule has 0 saturated carbocycles. The first-order valence-electron chi connectivity index (χ1n) is 10.3. The maximum absolute atomic E-state index is 4.76. The Morgan fingerprint density at radius 1 is 1.23 bits per heavy atom. The lowest BCUT2D eigenvalue weighted by Gasteiger charge is -2.21. The van der Waals surface area contributed by atoms with Gasteiger partial charge in [-0.3, -0.25) is 4.99 Å². The number of imidazole rings is 1. The number of nitrogens with zero attached hydrogens (tertiary/aromatic N) is 4. The molecule has 2 aromatic heterocycles. The first-order valence-corrected chi connectivity index (χ1v) is 11.3. The zero-order chi connectivity index (χ0) is 20.1. The van der Waals surface area contributed by atoms with E-state index in [1.807, 2.05) is 18.8 Å². The minimum Gasteiger partial charge on any atom is -0.356 e. The molecule has 30 heavy (non-hydrogen) atoms. The molecule has 1 aromatic carbocycles. The van der Waals surface area contributed by atoms with E-state index >= 15 is 0 Å². The third kappa shape index (κ3) is 5.69. The molecular weight excluding hydrogens is 505 g/mol. The lowest BCUT2D eigenvalue weighted by Crippen LogP contribution is -2.41. The van der Waals surface area contributed by atoms with Crippen molar-refractivity contribution in [3.63, 3.8) is 0 Å². The van der Waals surface area contributed by atoms with Crippen LogP contribution in [0.1, 0.15) is 17.7 Å². The molecule has 0 radical (unpaired) electrons. The molecule has 3 aromatic rings. The predicted octanol–water partition coefficient (Wildman–Crippen LogP) is 4.49. The summed E-state index contributed by atoms with van der Waals surface area (Å²) in [5.74, 6) is 2.88. The van der Waals surface area contributed by atoms with Gasteiger partial charge in [0.25, 0.3) is 0 Å². The van der Waals surface area contributed by atoms with Crippen molar-refractivity contribution in [2.45, 2.75) is 24.7 Å². The number of halogens is 1. The van der Waals surface area contributed by atoms with Gasteiger partial charge >= 0.3 is 0 Å². The lowest BCUT2D eigenvalue weighted by molar-refractivity contribution is 0.475. The third-order valence-corrected chi connectivity index (χ3v) is 6.66. The van der Waals surface area contributed by atoms with Gasteiger partial charge in [0, 0.05) is 56.1 Å². The zero-order valence-corrected chi connectivity index (χ0v) is 20.8. The van der Waals surface area contributed by atoms with Crippen molar-refractivity contribution in [1.29, 1.82) is 0 Å². The van der Waals surface area contributed by atoms with Crippen LogP contribution in [0.25, 0.3) is 5.65 Å². The quantitative estimate of drug-likeness (QED) is 0.219. The molecule has 0 amide bonds. The van der Waals surface area contributed by atoms with Gasteiger partial charge in [0.15, 0.2) is 5.96 Å². The normalized spacial score (nSPS) is 16.7. The van der Waals surface area contributed by atoms with Crippen LogP contribution in [0, 0.1) is 12.8 Å². The van der Waals surface area contributed by atoms with E-state index in [1.54, 1.807) is 0 Å². The molecule has 0 spiro atoms. The number of pyridine rings is 1. The average molecular weight is 535 g/mol. The molecule has 1 fully saturated rings. The fourth-order valence-corrected chi connectivity index (χ4v) is 4.90. The second kappa shape index (κ2) is 11.0. The number of hydrogen-bond acceptors (Lipinski definition) is 3. The number of thioether (sulfide) groups is 1. The number of fused-ring (bicyclic) bond motifs is 1. The molecule has 160 valence electrons. The molecule has 3 heterocycles. The molecule has 7 heteroatoms. The van der Waals surface area contributed by atoms with Crippen LogP contribution in [-0.4, -0.2) is 52.7 Å². The zero-order valence-electron chi connectivity index (χ0n) is 17.6. The van der Waals surface area contributed by atoms with Crippen LogP contribution < -0.4 is 5.32 Å². The summed E-state index contributed by atoms with van der Waals surface area (Å²) in [4.78, 5) is 13.0. The van der Waals surface area contributed by atoms with Gasteiger partial charge in [-0.2, -0.15) is 0 Å². The number of rotatable bonds is 6. The molecule has 5 nitrogen and oxygen atoms in total. The Bertz CT molecular complexity index is 972. The van der Waals surface area contributed by atoms with Crippen LogP contribution in [0.2, 0.25) is 0 Å². The summed E-state index contributed by atoms with van der Waals surface area (Å²) >= 11 is 1.96. The first-order chi connectivity index (χ1) is 14.2. The van der Waals surface area contributed by atoms with E-state index in [9.17, 15) is 0 Å². The molecule has 1 saturated heterocycles. The maximum Gasteiger partial charge on any atom is 0.193 e. The highest BCUT2D eigenvalue weighted by Gasteiger charge is 2.24. The molecule has 1 atom stereocenters. The molecular formula is C23H30IN5S. The van der Waals surface area contributed by atoms with Crippen molar-refractivity contribution in [1.82, 2.24) is 19.6 Å². The van der Waals surface area contributed by atoms with Crippen molar-refractivity contribution in [2.75, 3.05) is 32.4 Å². The van der Waals surface area contributed by atoms with Crippen LogP contribution >= 0.6 is 35.7 Å². The highest BCUT2D eigenvalue weighted by molar-refractivity contribution is 14.0. The van der Waals surface area contributed by atoms with E-state index in [1.165, 1.54) is 16.9 Å². The van der Waals surface area contributed by atoms with Gasteiger partial charge in [-0.05, 0) is 43.0 Å². The Kier molecular flexibility index (Phi) is 8.44. The lowest BCUT2D eigenvalue weighted by atomic mass is 10.2. The van der Waals surface area contributed by atoms with E-state index in [2.05, 4.69) is 81.4 Å². The summed E-state index contributed by atoms with van der Waals surface area (Å²) in [5, 5.41) is 3.53. The highest BCUT2D eigenvalue weighted by atomic mass is 127. The highest BCUT2D eigenvalue weighted by Crippen LogP contribution is 2.25. The number of benzene rings is 1. The molecule has 1 aliphatic heterocycles. The van der Waals surface area contributed by atoms with E-state index in [-0.39, 0.29) is 24.0 Å². The number of hydrogen-bond donors (Lipinski definition) is 1. The van der Waals surface area contributed by atoms with Crippen molar-refractivity contribution in [3.8, 4) is 0 Å². The number of aryl methyl sites for hydroxylation is 1. The summed E-state index contributed by atoms with van der Waals surface area (Å²) in [7, 11) is 1.88. The molecule has 4 rings (SSSR count). The topological polar surface area (TPSA) is 44.9 Å². The largest absolute Gasteiger partial charge is 0.356 e. The van der Waals surface area contributed by atoms with Gasteiger partial charge in [0.05, 0.1) is 5.69 Å². The number of nitrogens with one attached hydrogen (secondary N) is 1. The monoisotopic (exact) mass is 535 g/mol. The standard InChI is InChI=1S/C23H29N5S.HI/c1-18-7-6-13-27-16-20(26-22(18)27)10-12-25-23(24-2)28-14-11-19(15-28)17-29-21-8-4-3-5-9-21;/h3-9,13,16,19H,10-12,14-15,17H2,1-2H3,(H,24,25);1H. The van der Waals surface area contributed by atoms with E-state index in [0.717, 1.165) is 49.1 Å². The van der Waals surface area contributed by atoms with E-state index in [4.69, 9.17) is 4.98 Å². The van der Waals surface area contributed by atoms with Crippen LogP contribution in [-0.2, 0) is 6.42 Å². The Morgan fingerprint density at radius 2 is 2.07 bits per heavy atom. The maximum atomic E-state index is 4.76. The predicted molar refractivity (Wildman–Crippen MR) is 137 cm³/mol. The van der Waals surface area contributed by atoms with Gasteiger partial charge in [-0.25, -0.2) is 4.98 Å². The molecule has 1 aliphatic rings. The Labute approximate surface area is 200 Å². The van der Waals surface area contributed by atoms with Crippen molar-refractivity contribution < 1.29 is 0 Å². The summed E-state index contributed by atoms with van der Waals surface area (Å²) in [6.45, 7) is 5.10. The second-order valence-corrected chi connectivity index (χ2v) is 8.70. The minimum atomic E-state index is 0. The van der Waals surface area contributed by atoms with Crippen molar-refractivity contribution in [2.24, 2.45) is 10.9 Å². The first kappa shape index (κ1) is 22.9. The smallest absolute Gasteiger partial charge is 0.193 e. The fraction of sp³-hybridized carbons (Fsp3) is 0.391. The number of aliphatic imine (C=N–C) groups is 1. The SMILES string of the molecule is CN=C(NCCc1cn2cccc(C)c2n1)N1CCC(CSc2ccccc2)C1.I. The Morgan fingerprint density at radius 3 is 2.83 bits per heavy atom. The van der Waals surface area contributed by atoms with Gasteiger partial charge in [-0.15, -0.1) is 35.7 Å². The van der Waals surface area contributed by atoms with E-state index in [0.29, 0.717) is 5.92 Å². The van der Waals surface area contributed by atoms with Gasteiger partial charge in [-0.1, -0.05) is 24.3 Å². The summed E-state index contributed by atoms with van der Waals surface area (Å²) in [5.41, 5.74) is 3.37. The third-order valence-electron chi connectivity index (χ3n) is 5.42. The molecule has 0 bridgehead atoms. The minimum absolute atomic E-state index is 0. The summed E-state index contributed by atoms with van der Waals surface area (Å²) in [6.07, 6.45) is 6.30. The van der Waals surface area contributed by atoms with Crippen LogP contribution in [0.15, 0.2) is 64.7 Å². The van der Waals surface area contributed by atoms with Gasteiger partial charge < -0.3 is 14.6 Å². The summed E-state index contributed by atoms with van der Waals surface area (Å²) < 4.78 is 2.11. The Balaban J connectivity index is 0.00000256. The summed E-state index contributed by atoms with van der Waals surface area (Å²) in [6, 6.07) is 14.8. The number of likely N-dealkylation sites (tertiary alicyclic amines) is 1. The molecule has 1 N–H and O–H groups in total. The van der Waals surface area contributed by atoms with Crippen molar-refractivity contribution >= 4 is 47.3 Å². The Hall–Kier alpha value is -1.74. The fourth-order valence-electron chi connectivity index (χ4n) is 3.85. The van der Waals surface area contributed by atoms with Crippen LogP contribution in [0.5, 0.6) is 0 Å².